The van der Waals surface area contributed by atoms with E-state index in [0.717, 1.165) is 16.9 Å². The van der Waals surface area contributed by atoms with Crippen molar-refractivity contribution in [2.75, 3.05) is 6.61 Å². The Labute approximate surface area is 245 Å². The van der Waals surface area contributed by atoms with Gasteiger partial charge in [-0.2, -0.15) is 5.10 Å². The summed E-state index contributed by atoms with van der Waals surface area (Å²) in [5.74, 6) is 1.07. The standard InChI is InChI=1S/C30H35ClN6O3Si/c1-19(2)33-30(38)24-17-37(18-39-12-13-41(4,5)6)29-28(24)34-25(16-32-29)27-23-15-22(10-11-26(23)36(3)35-27)40-21-9-7-8-20(31)14-21/h7-11,14-17,19H,12-13,18H2,1-6H3,(H,33,38). The van der Waals surface area contributed by atoms with Gasteiger partial charge in [0.25, 0.3) is 5.91 Å². The van der Waals surface area contributed by atoms with E-state index in [-0.39, 0.29) is 11.9 Å². The fourth-order valence-corrected chi connectivity index (χ4v) is 5.41. The molecule has 0 atom stereocenters. The molecule has 0 bridgehead atoms. The maximum Gasteiger partial charge on any atom is 0.255 e. The number of ether oxygens (including phenoxy) is 2. The van der Waals surface area contributed by atoms with Crippen LogP contribution in [0.2, 0.25) is 30.7 Å². The van der Waals surface area contributed by atoms with Gasteiger partial charge in [-0.05, 0) is 56.3 Å². The number of benzene rings is 2. The average Bonchev–Trinajstić information content (AvgIpc) is 3.43. The maximum absolute atomic E-state index is 13.2. The number of nitrogens with one attached hydrogen (secondary N) is 1. The first-order valence-electron chi connectivity index (χ1n) is 13.6. The Balaban J connectivity index is 1.53. The molecule has 0 aliphatic carbocycles. The first kappa shape index (κ1) is 28.8. The lowest BCUT2D eigenvalue weighted by Gasteiger charge is -2.15. The third kappa shape index (κ3) is 6.61. The number of carbonyl (C=O) groups excluding carboxylic acids is 1. The van der Waals surface area contributed by atoms with Crippen LogP contribution in [0.4, 0.5) is 0 Å². The van der Waals surface area contributed by atoms with Gasteiger partial charge in [-0.1, -0.05) is 37.3 Å². The van der Waals surface area contributed by atoms with E-state index in [0.29, 0.717) is 58.0 Å². The Hall–Kier alpha value is -3.73. The van der Waals surface area contributed by atoms with E-state index in [1.54, 1.807) is 29.2 Å². The molecule has 0 saturated carbocycles. The molecule has 5 rings (SSSR count). The highest BCUT2D eigenvalue weighted by atomic mass is 35.5. The molecular weight excluding hydrogens is 556 g/mol. The minimum absolute atomic E-state index is 0.0253. The van der Waals surface area contributed by atoms with Crippen molar-refractivity contribution in [2.24, 2.45) is 7.05 Å². The highest BCUT2D eigenvalue weighted by Gasteiger charge is 2.21. The molecule has 1 N–H and O–H groups in total. The summed E-state index contributed by atoms with van der Waals surface area (Å²) < 4.78 is 15.7. The Morgan fingerprint density at radius 3 is 2.63 bits per heavy atom. The Morgan fingerprint density at radius 2 is 1.90 bits per heavy atom. The topological polar surface area (TPSA) is 96.1 Å². The molecule has 0 radical (unpaired) electrons. The number of hydrogen-bond acceptors (Lipinski definition) is 6. The highest BCUT2D eigenvalue weighted by molar-refractivity contribution is 6.76. The lowest BCUT2D eigenvalue weighted by Crippen LogP contribution is -2.30. The van der Waals surface area contributed by atoms with Crippen molar-refractivity contribution in [3.63, 3.8) is 0 Å². The number of amides is 1. The largest absolute Gasteiger partial charge is 0.457 e. The summed E-state index contributed by atoms with van der Waals surface area (Å²) in [4.78, 5) is 22.8. The average molecular weight is 591 g/mol. The number of aryl methyl sites for hydroxylation is 1. The number of rotatable bonds is 10. The second-order valence-electron chi connectivity index (χ2n) is 11.6. The van der Waals surface area contributed by atoms with E-state index in [1.807, 2.05) is 55.8 Å². The molecule has 11 heteroatoms. The van der Waals surface area contributed by atoms with E-state index >= 15 is 0 Å². The summed E-state index contributed by atoms with van der Waals surface area (Å²) >= 11 is 6.14. The van der Waals surface area contributed by atoms with Gasteiger partial charge in [-0.15, -0.1) is 0 Å². The summed E-state index contributed by atoms with van der Waals surface area (Å²) in [6.07, 6.45) is 3.46. The van der Waals surface area contributed by atoms with Crippen LogP contribution in [-0.4, -0.2) is 50.9 Å². The molecule has 9 nitrogen and oxygen atoms in total. The van der Waals surface area contributed by atoms with Gasteiger partial charge < -0.3 is 19.4 Å². The van der Waals surface area contributed by atoms with Crippen LogP contribution in [0.5, 0.6) is 11.5 Å². The molecular formula is C30H35ClN6O3Si. The number of carbonyl (C=O) groups is 1. The number of halogens is 1. The summed E-state index contributed by atoms with van der Waals surface area (Å²) in [6, 6.07) is 14.0. The first-order valence-corrected chi connectivity index (χ1v) is 17.7. The zero-order chi connectivity index (χ0) is 29.3. The van der Waals surface area contributed by atoms with Gasteiger partial charge in [0.15, 0.2) is 5.65 Å². The smallest absolute Gasteiger partial charge is 0.255 e. The number of hydrogen-bond donors (Lipinski definition) is 1. The van der Waals surface area contributed by atoms with Crippen LogP contribution in [0.15, 0.2) is 54.9 Å². The first-order chi connectivity index (χ1) is 19.5. The summed E-state index contributed by atoms with van der Waals surface area (Å²) in [7, 11) is 0.655. The molecule has 0 spiro atoms. The van der Waals surface area contributed by atoms with Crippen LogP contribution < -0.4 is 10.1 Å². The molecule has 3 heterocycles. The molecule has 41 heavy (non-hydrogen) atoms. The second-order valence-corrected chi connectivity index (χ2v) is 17.7. The molecule has 5 aromatic rings. The zero-order valence-electron chi connectivity index (χ0n) is 24.2. The van der Waals surface area contributed by atoms with Crippen molar-refractivity contribution in [1.82, 2.24) is 29.6 Å². The van der Waals surface area contributed by atoms with Crippen LogP contribution in [-0.2, 0) is 18.5 Å². The number of fused-ring (bicyclic) bond motifs is 2. The van der Waals surface area contributed by atoms with Gasteiger partial charge in [-0.3, -0.25) is 9.48 Å². The zero-order valence-corrected chi connectivity index (χ0v) is 26.0. The van der Waals surface area contributed by atoms with Gasteiger partial charge in [0, 0.05) is 44.4 Å². The van der Waals surface area contributed by atoms with E-state index in [9.17, 15) is 4.79 Å². The monoisotopic (exact) mass is 590 g/mol. The molecule has 0 aliphatic heterocycles. The van der Waals surface area contributed by atoms with Crippen molar-refractivity contribution in [1.29, 1.82) is 0 Å². The van der Waals surface area contributed by atoms with Crippen LogP contribution in [0, 0.1) is 0 Å². The van der Waals surface area contributed by atoms with Crippen molar-refractivity contribution in [2.45, 2.75) is 52.3 Å². The Bertz CT molecular complexity index is 1720. The highest BCUT2D eigenvalue weighted by Crippen LogP contribution is 2.33. The van der Waals surface area contributed by atoms with Gasteiger partial charge >= 0.3 is 0 Å². The normalized spacial score (nSPS) is 12.0. The molecule has 1 amide bonds. The molecule has 2 aromatic carbocycles. The quantitative estimate of drug-likeness (QED) is 0.141. The van der Waals surface area contributed by atoms with E-state index in [2.05, 4.69) is 25.0 Å². The van der Waals surface area contributed by atoms with Gasteiger partial charge in [-0.25, -0.2) is 9.97 Å². The Kier molecular flexibility index (Phi) is 8.17. The molecule has 3 aromatic heterocycles. The van der Waals surface area contributed by atoms with Crippen LogP contribution >= 0.6 is 11.6 Å². The molecule has 0 unspecified atom stereocenters. The van der Waals surface area contributed by atoms with Crippen molar-refractivity contribution in [3.8, 4) is 22.9 Å². The van der Waals surface area contributed by atoms with Crippen molar-refractivity contribution in [3.05, 3.63) is 65.4 Å². The Morgan fingerprint density at radius 1 is 1.12 bits per heavy atom. The van der Waals surface area contributed by atoms with Crippen LogP contribution in [0.3, 0.4) is 0 Å². The summed E-state index contributed by atoms with van der Waals surface area (Å²) in [5, 5.41) is 9.18. The van der Waals surface area contributed by atoms with E-state index in [4.69, 9.17) is 36.1 Å². The third-order valence-electron chi connectivity index (χ3n) is 6.55. The third-order valence-corrected chi connectivity index (χ3v) is 8.49. The molecule has 214 valence electrons. The maximum atomic E-state index is 13.2. The van der Waals surface area contributed by atoms with Crippen molar-refractivity contribution >= 4 is 47.6 Å². The molecule has 0 fully saturated rings. The SMILES string of the molecule is CC(C)NC(=O)c1cn(COCC[Si](C)(C)C)c2ncc(-c3nn(C)c4ccc(Oc5cccc(Cl)c5)cc34)nc12. The summed E-state index contributed by atoms with van der Waals surface area (Å²) in [6.45, 7) is 11.8. The van der Waals surface area contributed by atoms with Crippen molar-refractivity contribution < 1.29 is 14.3 Å². The lowest BCUT2D eigenvalue weighted by molar-refractivity contribution is 0.0890. The van der Waals surface area contributed by atoms with Gasteiger partial charge in [0.1, 0.15) is 35.1 Å². The van der Waals surface area contributed by atoms with E-state index < -0.39 is 8.07 Å². The number of nitrogens with zero attached hydrogens (tertiary/aromatic N) is 5. The van der Waals surface area contributed by atoms with Crippen LogP contribution in [0.1, 0.15) is 24.2 Å². The fourth-order valence-electron chi connectivity index (χ4n) is 4.48. The predicted molar refractivity (Wildman–Crippen MR) is 165 cm³/mol. The minimum Gasteiger partial charge on any atom is -0.457 e. The summed E-state index contributed by atoms with van der Waals surface area (Å²) in [5.41, 5.74) is 3.64. The molecule has 0 aliphatic rings. The second kappa shape index (κ2) is 11.6. The van der Waals surface area contributed by atoms with Gasteiger partial charge in [0.05, 0.1) is 17.3 Å². The van der Waals surface area contributed by atoms with E-state index in [1.165, 1.54) is 0 Å². The van der Waals surface area contributed by atoms with Crippen LogP contribution in [0.25, 0.3) is 33.5 Å². The fraction of sp³-hybridized carbons (Fsp3) is 0.333. The molecule has 0 saturated heterocycles. The number of aromatic nitrogens is 5. The van der Waals surface area contributed by atoms with Gasteiger partial charge in [0.2, 0.25) is 0 Å². The minimum atomic E-state index is -1.22. The predicted octanol–water partition coefficient (Wildman–Crippen LogP) is 6.88. The lowest BCUT2D eigenvalue weighted by atomic mass is 10.1.